The largest absolute Gasteiger partial charge is 3.00 e. The first-order chi connectivity index (χ1) is 13.7. The first-order valence-corrected chi connectivity index (χ1v) is 9.30. The summed E-state index contributed by atoms with van der Waals surface area (Å²) in [6.45, 7) is 2.14. The Hall–Kier alpha value is -2.42. The Bertz CT molecular complexity index is 1330. The van der Waals surface area contributed by atoms with Crippen LogP contribution < -0.4 is 4.57 Å². The van der Waals surface area contributed by atoms with Crippen molar-refractivity contribution in [1.29, 1.82) is 0 Å². The molecule has 0 aliphatic rings. The third kappa shape index (κ3) is 3.63. The molecule has 0 spiro atoms. The van der Waals surface area contributed by atoms with E-state index in [-0.39, 0.29) is 32.7 Å². The summed E-state index contributed by atoms with van der Waals surface area (Å²) in [4.78, 5) is 4.60. The van der Waals surface area contributed by atoms with Crippen molar-refractivity contribution in [3.05, 3.63) is 96.8 Å². The van der Waals surface area contributed by atoms with Crippen LogP contribution in [0.5, 0.6) is 0 Å². The second kappa shape index (κ2) is 8.14. The van der Waals surface area contributed by atoms with Gasteiger partial charge in [-0.15, -0.1) is 35.2 Å². The maximum atomic E-state index is 4.60. The van der Waals surface area contributed by atoms with Crippen molar-refractivity contribution in [1.82, 2.24) is 4.98 Å². The zero-order chi connectivity index (χ0) is 19.1. The van der Waals surface area contributed by atoms with Crippen molar-refractivity contribution >= 4 is 21.7 Å². The van der Waals surface area contributed by atoms with Crippen LogP contribution >= 0.6 is 0 Å². The number of aromatic nitrogens is 2. The molecule has 5 rings (SSSR count). The topological polar surface area (TPSA) is 16.8 Å². The van der Waals surface area contributed by atoms with Gasteiger partial charge >= 0.3 is 32.7 Å². The van der Waals surface area contributed by atoms with E-state index < -0.39 is 0 Å². The van der Waals surface area contributed by atoms with E-state index in [1.807, 2.05) is 31.6 Å². The predicted octanol–water partition coefficient (Wildman–Crippen LogP) is 5.25. The number of nitrogens with zero attached hydrogens (tertiary/aromatic N) is 2. The van der Waals surface area contributed by atoms with E-state index >= 15 is 0 Å². The van der Waals surface area contributed by atoms with Crippen molar-refractivity contribution in [3.63, 3.8) is 0 Å². The number of aryl methyl sites for hydroxylation is 2. The second-order valence-corrected chi connectivity index (χ2v) is 7.03. The van der Waals surface area contributed by atoms with Crippen molar-refractivity contribution in [2.75, 3.05) is 0 Å². The van der Waals surface area contributed by atoms with Crippen LogP contribution in [0.4, 0.5) is 0 Å². The van der Waals surface area contributed by atoms with Crippen LogP contribution in [0, 0.1) is 25.1 Å². The van der Waals surface area contributed by atoms with Crippen molar-refractivity contribution < 1.29 is 37.3 Å². The van der Waals surface area contributed by atoms with Gasteiger partial charge in [0.1, 0.15) is 5.52 Å². The third-order valence-corrected chi connectivity index (χ3v) is 5.11. The monoisotopic (exact) mass is 447 g/mol. The molecular formula is C26H18N2Y+. The molecule has 0 N–H and O–H groups in total. The van der Waals surface area contributed by atoms with Gasteiger partial charge in [0, 0.05) is 0 Å². The van der Waals surface area contributed by atoms with E-state index in [0.29, 0.717) is 0 Å². The molecule has 0 aliphatic heterocycles. The van der Waals surface area contributed by atoms with Crippen LogP contribution in [0.2, 0.25) is 0 Å². The number of hydrogen-bond acceptors (Lipinski definition) is 1. The van der Waals surface area contributed by atoms with Gasteiger partial charge in [-0.3, -0.25) is 4.57 Å². The van der Waals surface area contributed by atoms with Gasteiger partial charge in [0.2, 0.25) is 0 Å². The van der Waals surface area contributed by atoms with Crippen molar-refractivity contribution in [2.45, 2.75) is 6.92 Å². The van der Waals surface area contributed by atoms with Crippen LogP contribution in [-0.4, -0.2) is 4.98 Å². The molecule has 0 saturated carbocycles. The van der Waals surface area contributed by atoms with Crippen LogP contribution in [0.25, 0.3) is 44.1 Å². The summed E-state index contributed by atoms with van der Waals surface area (Å²) in [7, 11) is 2.03. The van der Waals surface area contributed by atoms with Crippen molar-refractivity contribution in [3.8, 4) is 22.4 Å². The van der Waals surface area contributed by atoms with Gasteiger partial charge in [0.15, 0.2) is 0 Å². The molecule has 0 radical (unpaired) electrons. The molecule has 0 bridgehead atoms. The molecule has 4 aromatic carbocycles. The molecule has 0 unspecified atom stereocenters. The molecule has 0 amide bonds. The Morgan fingerprint density at radius 1 is 0.897 bits per heavy atom. The van der Waals surface area contributed by atoms with E-state index in [1.165, 1.54) is 10.9 Å². The van der Waals surface area contributed by atoms with Crippen LogP contribution in [0.1, 0.15) is 5.56 Å². The fourth-order valence-electron chi connectivity index (χ4n) is 3.70. The van der Waals surface area contributed by atoms with Crippen LogP contribution in [0.3, 0.4) is 0 Å². The minimum atomic E-state index is 0. The van der Waals surface area contributed by atoms with E-state index in [4.69, 9.17) is 0 Å². The SMILES string of the molecule is Cc1cc2ccccc2[c-]c1-c1c2[c-]c(-c3[c-]cccc3)ccc2nc[n+]1C.[Y+3]. The van der Waals surface area contributed by atoms with Gasteiger partial charge in [-0.05, 0) is 5.39 Å². The maximum Gasteiger partial charge on any atom is 3.00 e. The zero-order valence-corrected chi connectivity index (χ0v) is 19.2. The summed E-state index contributed by atoms with van der Waals surface area (Å²) in [5.41, 5.74) is 6.31. The second-order valence-electron chi connectivity index (χ2n) is 7.03. The fraction of sp³-hybridized carbons (Fsp3) is 0.0769. The van der Waals surface area contributed by atoms with Gasteiger partial charge in [0.25, 0.3) is 6.33 Å². The maximum absolute atomic E-state index is 4.60. The Balaban J connectivity index is 0.00000205. The van der Waals surface area contributed by atoms with Crippen LogP contribution in [-0.2, 0) is 39.8 Å². The average molecular weight is 447 g/mol. The van der Waals surface area contributed by atoms with Gasteiger partial charge in [-0.2, -0.15) is 42.0 Å². The minimum Gasteiger partial charge on any atom is -0.267 e. The van der Waals surface area contributed by atoms with Gasteiger partial charge in [0.05, 0.1) is 12.7 Å². The van der Waals surface area contributed by atoms with E-state index in [0.717, 1.165) is 38.7 Å². The quantitative estimate of drug-likeness (QED) is 0.267. The molecule has 134 valence electrons. The van der Waals surface area contributed by atoms with E-state index in [2.05, 4.69) is 83.2 Å². The summed E-state index contributed by atoms with van der Waals surface area (Å²) in [5.74, 6) is 0. The van der Waals surface area contributed by atoms with Gasteiger partial charge < -0.3 is 0 Å². The first-order valence-electron chi connectivity index (χ1n) is 9.30. The molecule has 1 aromatic heterocycles. The van der Waals surface area contributed by atoms with E-state index in [1.54, 1.807) is 0 Å². The Labute approximate surface area is 196 Å². The molecule has 2 nitrogen and oxygen atoms in total. The molecule has 3 heteroatoms. The average Bonchev–Trinajstić information content (AvgIpc) is 2.74. The first kappa shape index (κ1) is 19.9. The molecule has 0 fully saturated rings. The molecule has 29 heavy (non-hydrogen) atoms. The Kier molecular flexibility index (Phi) is 5.58. The molecule has 5 aromatic rings. The normalized spacial score (nSPS) is 10.8. The number of hydrogen-bond donors (Lipinski definition) is 0. The summed E-state index contributed by atoms with van der Waals surface area (Å²) in [6, 6.07) is 33.2. The standard InChI is InChI=1S/C26H18N2.Y/c1-18-14-20-10-6-7-11-21(20)15-23(18)26-24-16-22(19-8-4-3-5-9-19)12-13-25(24)27-17-28(26)2;/h3-8,10-14,17H,1-2H3;/q-2;+3. The predicted molar refractivity (Wildman–Crippen MR) is 113 cm³/mol. The van der Waals surface area contributed by atoms with Gasteiger partial charge in [-0.25, -0.2) is 5.56 Å². The Morgan fingerprint density at radius 2 is 1.72 bits per heavy atom. The third-order valence-electron chi connectivity index (χ3n) is 5.11. The molecule has 0 saturated heterocycles. The number of benzene rings is 4. The molecule has 0 atom stereocenters. The van der Waals surface area contributed by atoms with Crippen molar-refractivity contribution in [2.24, 2.45) is 7.05 Å². The Morgan fingerprint density at radius 3 is 2.55 bits per heavy atom. The summed E-state index contributed by atoms with van der Waals surface area (Å²) in [5, 5.41) is 3.31. The fourth-order valence-corrected chi connectivity index (χ4v) is 3.70. The summed E-state index contributed by atoms with van der Waals surface area (Å²) >= 11 is 0. The molecular weight excluding hydrogens is 429 g/mol. The molecule has 1 heterocycles. The number of rotatable bonds is 2. The smallest absolute Gasteiger partial charge is 0.267 e. The molecule has 0 aliphatic carbocycles. The van der Waals surface area contributed by atoms with Crippen LogP contribution in [0.15, 0.2) is 73.1 Å². The minimum absolute atomic E-state index is 0. The number of fused-ring (bicyclic) bond motifs is 2. The summed E-state index contributed by atoms with van der Waals surface area (Å²) < 4.78 is 2.06. The summed E-state index contributed by atoms with van der Waals surface area (Å²) in [6.07, 6.45) is 1.86. The van der Waals surface area contributed by atoms with E-state index in [9.17, 15) is 0 Å². The van der Waals surface area contributed by atoms with Gasteiger partial charge in [-0.1, -0.05) is 47.1 Å². The zero-order valence-electron chi connectivity index (χ0n) is 16.4.